The van der Waals surface area contributed by atoms with E-state index < -0.39 is 0 Å². The van der Waals surface area contributed by atoms with Crippen LogP contribution in [0.5, 0.6) is 11.5 Å². The van der Waals surface area contributed by atoms with Gasteiger partial charge in [0, 0.05) is 19.3 Å². The number of carbonyl (C=O) groups is 1. The first-order valence-corrected chi connectivity index (χ1v) is 14.7. The molecule has 0 aromatic heterocycles. The normalized spacial score (nSPS) is 15.8. The van der Waals surface area contributed by atoms with Gasteiger partial charge in [-0.1, -0.05) is 72.8 Å². The molecule has 226 valence electrons. The lowest BCUT2D eigenvalue weighted by Crippen LogP contribution is -2.37. The zero-order valence-corrected chi connectivity index (χ0v) is 25.8. The van der Waals surface area contributed by atoms with E-state index in [1.807, 2.05) is 60.7 Å². The number of piperidine rings is 1. The fraction of sp³-hybridized carbons (Fsp3) is 0.270. The van der Waals surface area contributed by atoms with E-state index in [1.54, 1.807) is 0 Å². The van der Waals surface area contributed by atoms with E-state index >= 15 is 0 Å². The first-order valence-electron chi connectivity index (χ1n) is 14.7. The van der Waals surface area contributed by atoms with Gasteiger partial charge in [-0.3, -0.25) is 4.79 Å². The van der Waals surface area contributed by atoms with E-state index in [9.17, 15) is 0 Å². The average Bonchev–Trinajstić information content (AvgIpc) is 3.03. The Morgan fingerprint density at radius 1 is 0.977 bits per heavy atom. The number of nitrogens with one attached hydrogen (secondary N) is 2. The van der Waals surface area contributed by atoms with Crippen LogP contribution in [-0.2, 0) is 4.79 Å². The SMILES string of the molecule is C=C/C(C)=C1/C=C(c2ccccc2C)C=C(NCC2CCNCC2)N1C.Cc1ccc(Oc2ccccc2)cc1.O=CO. The second kappa shape index (κ2) is 17.4. The molecule has 0 saturated carbocycles. The molecule has 3 N–H and O–H groups in total. The molecule has 0 aliphatic carbocycles. The molecule has 2 heterocycles. The van der Waals surface area contributed by atoms with Crippen molar-refractivity contribution in [2.45, 2.75) is 33.6 Å². The number of hydrogen-bond acceptors (Lipinski definition) is 5. The van der Waals surface area contributed by atoms with Gasteiger partial charge in [0.25, 0.3) is 6.47 Å². The molecule has 0 bridgehead atoms. The Hall–Kier alpha value is -4.55. The van der Waals surface area contributed by atoms with E-state index in [4.69, 9.17) is 14.6 Å². The number of carboxylic acid groups (broad SMARTS) is 1. The third-order valence-electron chi connectivity index (χ3n) is 7.50. The van der Waals surface area contributed by atoms with Gasteiger partial charge in [-0.25, -0.2) is 0 Å². The van der Waals surface area contributed by atoms with Crippen LogP contribution in [0, 0.1) is 19.8 Å². The first kappa shape index (κ1) is 33.0. The van der Waals surface area contributed by atoms with Crippen LogP contribution >= 0.6 is 0 Å². The Kier molecular flexibility index (Phi) is 13.3. The number of allylic oxidation sites excluding steroid dienone is 5. The maximum absolute atomic E-state index is 8.36. The summed E-state index contributed by atoms with van der Waals surface area (Å²) in [4.78, 5) is 10.6. The van der Waals surface area contributed by atoms with Gasteiger partial charge >= 0.3 is 0 Å². The maximum atomic E-state index is 8.36. The number of para-hydroxylation sites is 1. The Balaban J connectivity index is 0.000000249. The van der Waals surface area contributed by atoms with Crippen molar-refractivity contribution in [2.24, 2.45) is 5.92 Å². The lowest BCUT2D eigenvalue weighted by molar-refractivity contribution is -0.122. The van der Waals surface area contributed by atoms with Crippen molar-refractivity contribution in [3.8, 4) is 11.5 Å². The summed E-state index contributed by atoms with van der Waals surface area (Å²) in [5, 5.41) is 14.1. The van der Waals surface area contributed by atoms with Crippen LogP contribution < -0.4 is 15.4 Å². The predicted molar refractivity (Wildman–Crippen MR) is 178 cm³/mol. The molecule has 3 aromatic rings. The molecule has 5 rings (SSSR count). The summed E-state index contributed by atoms with van der Waals surface area (Å²) in [5.74, 6) is 3.66. The molecule has 2 aliphatic heterocycles. The van der Waals surface area contributed by atoms with Gasteiger partial charge in [-0.05, 0) is 111 Å². The smallest absolute Gasteiger partial charge is 0.290 e. The summed E-state index contributed by atoms with van der Waals surface area (Å²) in [6.45, 7) is 13.4. The minimum absolute atomic E-state index is 0.250. The minimum atomic E-state index is -0.250. The Morgan fingerprint density at radius 2 is 1.58 bits per heavy atom. The molecule has 2 aliphatic rings. The number of nitrogens with zero attached hydrogens (tertiary/aromatic N) is 1. The molecular weight excluding hydrogens is 534 g/mol. The number of ether oxygens (including phenoxy) is 1. The van der Waals surface area contributed by atoms with Gasteiger partial charge in [-0.15, -0.1) is 0 Å². The monoisotopic (exact) mass is 579 g/mol. The van der Waals surface area contributed by atoms with Gasteiger partial charge in [-0.2, -0.15) is 0 Å². The predicted octanol–water partition coefficient (Wildman–Crippen LogP) is 7.70. The second-order valence-corrected chi connectivity index (χ2v) is 10.7. The first-order chi connectivity index (χ1) is 20.9. The summed E-state index contributed by atoms with van der Waals surface area (Å²) in [7, 11) is 2.13. The second-order valence-electron chi connectivity index (χ2n) is 10.7. The van der Waals surface area contributed by atoms with E-state index in [-0.39, 0.29) is 6.47 Å². The molecule has 1 fully saturated rings. The number of benzene rings is 3. The molecule has 1 saturated heterocycles. The molecule has 6 heteroatoms. The number of aryl methyl sites for hydroxylation is 2. The number of hydrogen-bond donors (Lipinski definition) is 3. The van der Waals surface area contributed by atoms with Crippen molar-refractivity contribution in [3.63, 3.8) is 0 Å². The highest BCUT2D eigenvalue weighted by atomic mass is 16.5. The fourth-order valence-corrected chi connectivity index (χ4v) is 4.93. The molecule has 0 radical (unpaired) electrons. The van der Waals surface area contributed by atoms with Crippen LogP contribution in [0.25, 0.3) is 5.57 Å². The van der Waals surface area contributed by atoms with Crippen molar-refractivity contribution in [1.82, 2.24) is 15.5 Å². The van der Waals surface area contributed by atoms with Crippen LogP contribution in [0.1, 0.15) is 36.5 Å². The van der Waals surface area contributed by atoms with Crippen molar-refractivity contribution in [2.75, 3.05) is 26.7 Å². The molecule has 6 nitrogen and oxygen atoms in total. The average molecular weight is 580 g/mol. The molecule has 43 heavy (non-hydrogen) atoms. The molecular formula is C37H45N3O3. The minimum Gasteiger partial charge on any atom is -0.483 e. The van der Waals surface area contributed by atoms with Crippen molar-refractivity contribution >= 4 is 12.0 Å². The largest absolute Gasteiger partial charge is 0.483 e. The zero-order chi connectivity index (χ0) is 31.0. The molecule has 3 aromatic carbocycles. The third-order valence-corrected chi connectivity index (χ3v) is 7.50. The number of likely N-dealkylation sites (N-methyl/N-ethyl adjacent to an activating group) is 1. The Bertz CT molecular complexity index is 1400. The quantitative estimate of drug-likeness (QED) is 0.249. The van der Waals surface area contributed by atoms with Crippen molar-refractivity contribution in [3.05, 3.63) is 137 Å². The fourth-order valence-electron chi connectivity index (χ4n) is 4.93. The summed E-state index contributed by atoms with van der Waals surface area (Å²) in [6.07, 6.45) is 8.99. The third kappa shape index (κ3) is 10.3. The topological polar surface area (TPSA) is 73.8 Å². The van der Waals surface area contributed by atoms with E-state index in [2.05, 4.69) is 86.3 Å². The highest BCUT2D eigenvalue weighted by molar-refractivity contribution is 5.80. The number of rotatable bonds is 7. The van der Waals surface area contributed by atoms with Crippen LogP contribution in [0.3, 0.4) is 0 Å². The Labute approximate surface area is 257 Å². The lowest BCUT2D eigenvalue weighted by atomic mass is 9.95. The molecule has 0 amide bonds. The summed E-state index contributed by atoms with van der Waals surface area (Å²) >= 11 is 0. The van der Waals surface area contributed by atoms with Gasteiger partial charge in [0.05, 0.1) is 0 Å². The Morgan fingerprint density at radius 3 is 2.21 bits per heavy atom. The summed E-state index contributed by atoms with van der Waals surface area (Å²) < 4.78 is 5.63. The van der Waals surface area contributed by atoms with Crippen LogP contribution in [-0.4, -0.2) is 43.2 Å². The van der Waals surface area contributed by atoms with Gasteiger partial charge in [0.2, 0.25) is 0 Å². The van der Waals surface area contributed by atoms with Crippen molar-refractivity contribution in [1.29, 1.82) is 0 Å². The van der Waals surface area contributed by atoms with Gasteiger partial charge in [0.1, 0.15) is 17.3 Å². The highest BCUT2D eigenvalue weighted by Crippen LogP contribution is 2.30. The molecule has 0 spiro atoms. The van der Waals surface area contributed by atoms with Gasteiger partial charge in [0.15, 0.2) is 0 Å². The lowest BCUT2D eigenvalue weighted by Gasteiger charge is -2.32. The molecule has 0 unspecified atom stereocenters. The molecule has 0 atom stereocenters. The summed E-state index contributed by atoms with van der Waals surface area (Å²) in [6, 6.07) is 26.4. The zero-order valence-electron chi connectivity index (χ0n) is 25.8. The van der Waals surface area contributed by atoms with E-state index in [0.717, 1.165) is 37.1 Å². The van der Waals surface area contributed by atoms with Gasteiger partial charge < -0.3 is 25.4 Å². The van der Waals surface area contributed by atoms with Crippen molar-refractivity contribution < 1.29 is 14.6 Å². The summed E-state index contributed by atoms with van der Waals surface area (Å²) in [5.41, 5.74) is 7.47. The van der Waals surface area contributed by atoms with E-state index in [1.165, 1.54) is 52.2 Å². The van der Waals surface area contributed by atoms with E-state index in [0.29, 0.717) is 0 Å². The standard InChI is InChI=1S/C23H31N3.C13H12O.CH2O2/c1-5-17(2)22-14-20(21-9-7-6-8-18(21)3)15-23(26(22)4)25-16-19-10-12-24-13-11-19;1-11-7-9-13(10-8-11)14-12-5-3-2-4-6-12;2-1-3/h5-9,14-15,19,24-25H,1,10-13,16H2,2-4H3;2-10H,1H3;1H,(H,2,3)/b22-17-;;. The maximum Gasteiger partial charge on any atom is 0.290 e. The van der Waals surface area contributed by atoms with Crippen LogP contribution in [0.4, 0.5) is 0 Å². The van der Waals surface area contributed by atoms with Crippen LogP contribution in [0.2, 0.25) is 0 Å². The van der Waals surface area contributed by atoms with Crippen LogP contribution in [0.15, 0.2) is 121 Å². The highest BCUT2D eigenvalue weighted by Gasteiger charge is 2.20.